The van der Waals surface area contributed by atoms with E-state index in [1.807, 2.05) is 86.6 Å². The highest BCUT2D eigenvalue weighted by Gasteiger charge is 2.30. The first kappa shape index (κ1) is 25.2. The lowest BCUT2D eigenvalue weighted by Gasteiger charge is -2.32. The molecule has 0 aliphatic rings. The number of carbonyl (C=O) groups is 2. The van der Waals surface area contributed by atoms with Crippen LogP contribution in [0.5, 0.6) is 0 Å². The molecule has 4 heteroatoms. The Balaban J connectivity index is 1.64. The maximum absolute atomic E-state index is 13.9. The largest absolute Gasteiger partial charge is 0.355 e. The first-order valence-electron chi connectivity index (χ1n) is 12.7. The summed E-state index contributed by atoms with van der Waals surface area (Å²) in [5.41, 5.74) is 4.34. The van der Waals surface area contributed by atoms with Crippen LogP contribution < -0.4 is 5.32 Å². The zero-order chi connectivity index (χ0) is 25.3. The summed E-state index contributed by atoms with van der Waals surface area (Å²) in [6.07, 6.45) is 1.43. The lowest BCUT2D eigenvalue weighted by molar-refractivity contribution is -0.141. The van der Waals surface area contributed by atoms with E-state index in [4.69, 9.17) is 0 Å². The minimum Gasteiger partial charge on any atom is -0.355 e. The van der Waals surface area contributed by atoms with Crippen LogP contribution in [0.3, 0.4) is 0 Å². The Morgan fingerprint density at radius 1 is 0.806 bits per heavy atom. The van der Waals surface area contributed by atoms with Gasteiger partial charge in [0, 0.05) is 25.9 Å². The molecular weight excluding hydrogens is 444 g/mol. The first-order valence-corrected chi connectivity index (χ1v) is 12.7. The number of amides is 2. The second-order valence-electron chi connectivity index (χ2n) is 9.19. The third kappa shape index (κ3) is 6.19. The van der Waals surface area contributed by atoms with Gasteiger partial charge in [-0.2, -0.15) is 0 Å². The average molecular weight is 479 g/mol. The van der Waals surface area contributed by atoms with Crippen LogP contribution in [0.25, 0.3) is 10.8 Å². The first-order chi connectivity index (χ1) is 17.6. The standard InChI is InChI=1S/C32H34N2O2/c1-3-33-32(36)30(22-25-13-5-4-6-14-25)34(23-28-16-8-7-12-24(28)2)31(35)21-20-27-18-11-17-26-15-9-10-19-29(26)27/h4-19,30H,3,20-23H2,1-2H3,(H,33,36)/t30-/m0/s1. The minimum atomic E-state index is -0.591. The molecule has 0 saturated carbocycles. The van der Waals surface area contributed by atoms with Gasteiger partial charge in [-0.05, 0) is 53.3 Å². The fourth-order valence-electron chi connectivity index (χ4n) is 4.71. The number of rotatable bonds is 10. The molecule has 4 aromatic rings. The predicted octanol–water partition coefficient (Wildman–Crippen LogP) is 5.86. The summed E-state index contributed by atoms with van der Waals surface area (Å²) >= 11 is 0. The van der Waals surface area contributed by atoms with Gasteiger partial charge in [-0.1, -0.05) is 97.1 Å². The summed E-state index contributed by atoms with van der Waals surface area (Å²) in [6.45, 7) is 4.88. The van der Waals surface area contributed by atoms with E-state index < -0.39 is 6.04 Å². The van der Waals surface area contributed by atoms with Gasteiger partial charge in [-0.15, -0.1) is 0 Å². The van der Waals surface area contributed by atoms with Crippen molar-refractivity contribution in [3.05, 3.63) is 119 Å². The molecule has 4 nitrogen and oxygen atoms in total. The van der Waals surface area contributed by atoms with Gasteiger partial charge in [0.15, 0.2) is 0 Å². The van der Waals surface area contributed by atoms with Crippen molar-refractivity contribution >= 4 is 22.6 Å². The molecule has 0 aromatic heterocycles. The Morgan fingerprint density at radius 2 is 1.47 bits per heavy atom. The fraction of sp³-hybridized carbons (Fsp3) is 0.250. The van der Waals surface area contributed by atoms with Crippen molar-refractivity contribution in [2.45, 2.75) is 45.7 Å². The summed E-state index contributed by atoms with van der Waals surface area (Å²) in [5.74, 6) is -0.133. The van der Waals surface area contributed by atoms with E-state index in [2.05, 4.69) is 29.6 Å². The van der Waals surface area contributed by atoms with Gasteiger partial charge in [0.1, 0.15) is 6.04 Å². The Hall–Kier alpha value is -3.92. The van der Waals surface area contributed by atoms with Crippen molar-refractivity contribution < 1.29 is 9.59 Å². The van der Waals surface area contributed by atoms with Crippen LogP contribution >= 0.6 is 0 Å². The number of nitrogens with zero attached hydrogens (tertiary/aromatic N) is 1. The van der Waals surface area contributed by atoms with E-state index in [0.29, 0.717) is 32.4 Å². The monoisotopic (exact) mass is 478 g/mol. The Bertz CT molecular complexity index is 1310. The van der Waals surface area contributed by atoms with E-state index >= 15 is 0 Å². The molecule has 0 saturated heterocycles. The molecule has 0 radical (unpaired) electrons. The zero-order valence-electron chi connectivity index (χ0n) is 21.1. The SMILES string of the molecule is CCNC(=O)[C@H](Cc1ccccc1)N(Cc1ccccc1C)C(=O)CCc1cccc2ccccc12. The molecule has 0 bridgehead atoms. The molecule has 0 fully saturated rings. The van der Waals surface area contributed by atoms with Crippen LogP contribution in [0.1, 0.15) is 35.6 Å². The Morgan fingerprint density at radius 3 is 2.25 bits per heavy atom. The normalized spacial score (nSPS) is 11.7. The number of likely N-dealkylation sites (N-methyl/N-ethyl adjacent to an activating group) is 1. The number of hydrogen-bond donors (Lipinski definition) is 1. The second kappa shape index (κ2) is 12.2. The maximum Gasteiger partial charge on any atom is 0.243 e. The van der Waals surface area contributed by atoms with Gasteiger partial charge in [-0.25, -0.2) is 0 Å². The lowest BCUT2D eigenvalue weighted by Crippen LogP contribution is -2.50. The number of nitrogens with one attached hydrogen (secondary N) is 1. The third-order valence-electron chi connectivity index (χ3n) is 6.71. The van der Waals surface area contributed by atoms with E-state index in [0.717, 1.165) is 22.3 Å². The minimum absolute atomic E-state index is 0.0154. The van der Waals surface area contributed by atoms with E-state index in [-0.39, 0.29) is 11.8 Å². The summed E-state index contributed by atoms with van der Waals surface area (Å²) < 4.78 is 0. The topological polar surface area (TPSA) is 49.4 Å². The average Bonchev–Trinajstić information content (AvgIpc) is 2.91. The Labute approximate surface area is 214 Å². The van der Waals surface area contributed by atoms with Crippen LogP contribution in [0, 0.1) is 6.92 Å². The van der Waals surface area contributed by atoms with Gasteiger partial charge in [-0.3, -0.25) is 9.59 Å². The molecule has 0 heterocycles. The van der Waals surface area contributed by atoms with Crippen LogP contribution in [-0.4, -0.2) is 29.3 Å². The van der Waals surface area contributed by atoms with E-state index in [1.165, 1.54) is 10.8 Å². The molecule has 2 amide bonds. The summed E-state index contributed by atoms with van der Waals surface area (Å²) in [5, 5.41) is 5.31. The van der Waals surface area contributed by atoms with Crippen molar-refractivity contribution in [3.8, 4) is 0 Å². The summed E-state index contributed by atoms with van der Waals surface area (Å²) in [6, 6.07) is 31.9. The molecule has 4 aromatic carbocycles. The lowest BCUT2D eigenvalue weighted by atomic mass is 9.98. The second-order valence-corrected chi connectivity index (χ2v) is 9.19. The smallest absolute Gasteiger partial charge is 0.243 e. The number of carbonyl (C=O) groups excluding carboxylic acids is 2. The molecule has 1 atom stereocenters. The molecule has 0 aliphatic heterocycles. The predicted molar refractivity (Wildman–Crippen MR) is 147 cm³/mol. The summed E-state index contributed by atoms with van der Waals surface area (Å²) in [4.78, 5) is 29.0. The molecule has 1 N–H and O–H groups in total. The van der Waals surface area contributed by atoms with Gasteiger partial charge >= 0.3 is 0 Å². The van der Waals surface area contributed by atoms with Crippen molar-refractivity contribution in [1.29, 1.82) is 0 Å². The highest BCUT2D eigenvalue weighted by atomic mass is 16.2. The van der Waals surface area contributed by atoms with E-state index in [1.54, 1.807) is 4.90 Å². The van der Waals surface area contributed by atoms with Crippen LogP contribution in [0.15, 0.2) is 97.1 Å². The van der Waals surface area contributed by atoms with Gasteiger partial charge < -0.3 is 10.2 Å². The van der Waals surface area contributed by atoms with Gasteiger partial charge in [0.25, 0.3) is 0 Å². The van der Waals surface area contributed by atoms with Crippen molar-refractivity contribution in [1.82, 2.24) is 10.2 Å². The number of fused-ring (bicyclic) bond motifs is 1. The molecule has 0 aliphatic carbocycles. The molecular formula is C32H34N2O2. The fourth-order valence-corrected chi connectivity index (χ4v) is 4.71. The molecule has 184 valence electrons. The molecule has 0 unspecified atom stereocenters. The quantitative estimate of drug-likeness (QED) is 0.310. The highest BCUT2D eigenvalue weighted by Crippen LogP contribution is 2.22. The van der Waals surface area contributed by atoms with E-state index in [9.17, 15) is 9.59 Å². The van der Waals surface area contributed by atoms with Gasteiger partial charge in [0.05, 0.1) is 0 Å². The maximum atomic E-state index is 13.9. The third-order valence-corrected chi connectivity index (χ3v) is 6.71. The number of hydrogen-bond acceptors (Lipinski definition) is 2. The zero-order valence-corrected chi connectivity index (χ0v) is 21.1. The Kier molecular flexibility index (Phi) is 8.51. The highest BCUT2D eigenvalue weighted by molar-refractivity contribution is 5.89. The summed E-state index contributed by atoms with van der Waals surface area (Å²) in [7, 11) is 0. The van der Waals surface area contributed by atoms with Gasteiger partial charge in [0.2, 0.25) is 11.8 Å². The van der Waals surface area contributed by atoms with Crippen LogP contribution in [0.4, 0.5) is 0 Å². The number of benzene rings is 4. The number of aryl methyl sites for hydroxylation is 2. The molecule has 0 spiro atoms. The molecule has 36 heavy (non-hydrogen) atoms. The molecule has 4 rings (SSSR count). The van der Waals surface area contributed by atoms with Crippen LogP contribution in [0.2, 0.25) is 0 Å². The van der Waals surface area contributed by atoms with Crippen molar-refractivity contribution in [2.75, 3.05) is 6.54 Å². The van der Waals surface area contributed by atoms with Crippen LogP contribution in [-0.2, 0) is 29.0 Å². The van der Waals surface area contributed by atoms with Crippen molar-refractivity contribution in [3.63, 3.8) is 0 Å². The van der Waals surface area contributed by atoms with Crippen molar-refractivity contribution in [2.24, 2.45) is 0 Å².